The fourth-order valence-electron chi connectivity index (χ4n) is 4.14. The maximum Gasteiger partial charge on any atom is 0.191 e. The summed E-state index contributed by atoms with van der Waals surface area (Å²) in [6.07, 6.45) is 1.91. The van der Waals surface area contributed by atoms with Gasteiger partial charge in [-0.25, -0.2) is 4.99 Å². The van der Waals surface area contributed by atoms with Gasteiger partial charge in [0.25, 0.3) is 0 Å². The van der Waals surface area contributed by atoms with E-state index in [0.29, 0.717) is 6.54 Å². The third-order valence-electron chi connectivity index (χ3n) is 5.83. The van der Waals surface area contributed by atoms with E-state index in [1.165, 1.54) is 28.1 Å². The zero-order chi connectivity index (χ0) is 22.1. The molecule has 1 saturated heterocycles. The number of aromatic nitrogens is 2. The molecule has 3 rings (SSSR count). The maximum atomic E-state index is 5.49. The summed E-state index contributed by atoms with van der Waals surface area (Å²) in [4.78, 5) is 7.35. The highest BCUT2D eigenvalue weighted by atomic mass is 16.5. The van der Waals surface area contributed by atoms with Crippen LogP contribution in [0.5, 0.6) is 0 Å². The number of hydrogen-bond donors (Lipinski definition) is 2. The van der Waals surface area contributed by atoms with Crippen molar-refractivity contribution in [3.63, 3.8) is 0 Å². The lowest BCUT2D eigenvalue weighted by molar-refractivity contribution is 0.0341. The first-order chi connectivity index (χ1) is 15.2. The quantitative estimate of drug-likeness (QED) is 0.477. The predicted octanol–water partition coefficient (Wildman–Crippen LogP) is 2.63. The number of nitrogens with zero attached hydrogens (tertiary/aromatic N) is 4. The van der Waals surface area contributed by atoms with E-state index >= 15 is 0 Å². The first-order valence-corrected chi connectivity index (χ1v) is 11.6. The topological polar surface area (TPSA) is 66.7 Å². The molecule has 7 heteroatoms. The minimum atomic E-state index is 0.657. The van der Waals surface area contributed by atoms with E-state index in [2.05, 4.69) is 65.7 Å². The van der Waals surface area contributed by atoms with Crippen LogP contribution in [0.15, 0.2) is 29.3 Å². The zero-order valence-electron chi connectivity index (χ0n) is 19.6. The number of aryl methyl sites for hydroxylation is 2. The third kappa shape index (κ3) is 6.31. The molecule has 1 aromatic carbocycles. The summed E-state index contributed by atoms with van der Waals surface area (Å²) in [6, 6.07) is 8.63. The molecule has 0 radical (unpaired) electrons. The summed E-state index contributed by atoms with van der Waals surface area (Å²) < 4.78 is 7.50. The summed E-state index contributed by atoms with van der Waals surface area (Å²) in [5, 5.41) is 11.6. The molecule has 1 aliphatic rings. The second-order valence-corrected chi connectivity index (χ2v) is 7.91. The first kappa shape index (κ1) is 23.3. The first-order valence-electron chi connectivity index (χ1n) is 11.6. The van der Waals surface area contributed by atoms with Crippen molar-refractivity contribution in [2.45, 2.75) is 53.2 Å². The number of ether oxygens (including phenoxy) is 1. The van der Waals surface area contributed by atoms with Crippen LogP contribution in [0.25, 0.3) is 0 Å². The lowest BCUT2D eigenvalue weighted by atomic mass is 10.1. The lowest BCUT2D eigenvalue weighted by Gasteiger charge is -2.27. The Morgan fingerprint density at radius 1 is 1.06 bits per heavy atom. The van der Waals surface area contributed by atoms with Gasteiger partial charge in [-0.15, -0.1) is 0 Å². The molecular formula is C24H38N6O. The highest BCUT2D eigenvalue weighted by Crippen LogP contribution is 2.16. The molecule has 2 heterocycles. The SMILES string of the molecule is CCNC(=NCc1ccccc1CN1CCOCC1)NCc1c(CC)nn(C)c1CC. The molecule has 0 spiro atoms. The second-order valence-electron chi connectivity index (χ2n) is 7.91. The molecule has 1 aliphatic heterocycles. The highest BCUT2D eigenvalue weighted by Gasteiger charge is 2.15. The van der Waals surface area contributed by atoms with Crippen LogP contribution >= 0.6 is 0 Å². The summed E-state index contributed by atoms with van der Waals surface area (Å²) >= 11 is 0. The van der Waals surface area contributed by atoms with Gasteiger partial charge in [0.15, 0.2) is 5.96 Å². The lowest BCUT2D eigenvalue weighted by Crippen LogP contribution is -2.37. The van der Waals surface area contributed by atoms with Crippen LogP contribution in [-0.2, 0) is 44.3 Å². The second kappa shape index (κ2) is 11.9. The summed E-state index contributed by atoms with van der Waals surface area (Å²) in [5.41, 5.74) is 6.37. The van der Waals surface area contributed by atoms with Gasteiger partial charge < -0.3 is 15.4 Å². The van der Waals surface area contributed by atoms with E-state index < -0.39 is 0 Å². The van der Waals surface area contributed by atoms with Gasteiger partial charge in [0, 0.05) is 51.0 Å². The predicted molar refractivity (Wildman–Crippen MR) is 126 cm³/mol. The van der Waals surface area contributed by atoms with E-state index in [9.17, 15) is 0 Å². The highest BCUT2D eigenvalue weighted by molar-refractivity contribution is 5.79. The van der Waals surface area contributed by atoms with Crippen LogP contribution in [0, 0.1) is 0 Å². The largest absolute Gasteiger partial charge is 0.379 e. The molecular weight excluding hydrogens is 388 g/mol. The van der Waals surface area contributed by atoms with Crippen molar-refractivity contribution < 1.29 is 4.74 Å². The molecule has 0 unspecified atom stereocenters. The van der Waals surface area contributed by atoms with Gasteiger partial charge in [-0.2, -0.15) is 5.10 Å². The summed E-state index contributed by atoms with van der Waals surface area (Å²) in [7, 11) is 2.03. The van der Waals surface area contributed by atoms with Gasteiger partial charge in [-0.05, 0) is 30.9 Å². The molecule has 2 N–H and O–H groups in total. The average Bonchev–Trinajstić information content (AvgIpc) is 3.11. The van der Waals surface area contributed by atoms with Gasteiger partial charge >= 0.3 is 0 Å². The van der Waals surface area contributed by atoms with Crippen LogP contribution in [0.1, 0.15) is 48.8 Å². The number of morpholine rings is 1. The molecule has 170 valence electrons. The average molecular weight is 427 g/mol. The van der Waals surface area contributed by atoms with Crippen molar-refractivity contribution in [1.82, 2.24) is 25.3 Å². The molecule has 0 amide bonds. The Labute approximate surface area is 186 Å². The van der Waals surface area contributed by atoms with E-state index in [1.807, 2.05) is 11.7 Å². The smallest absolute Gasteiger partial charge is 0.191 e. The molecule has 0 aliphatic carbocycles. The Morgan fingerprint density at radius 2 is 1.81 bits per heavy atom. The van der Waals surface area contributed by atoms with Gasteiger partial charge in [-0.1, -0.05) is 38.1 Å². The zero-order valence-corrected chi connectivity index (χ0v) is 19.6. The minimum Gasteiger partial charge on any atom is -0.379 e. The Bertz CT molecular complexity index is 854. The maximum absolute atomic E-state index is 5.49. The Hall–Kier alpha value is -2.38. The summed E-state index contributed by atoms with van der Waals surface area (Å²) in [5.74, 6) is 0.844. The van der Waals surface area contributed by atoms with E-state index in [0.717, 1.165) is 64.7 Å². The molecule has 0 bridgehead atoms. The number of aliphatic imine (C=N–C) groups is 1. The molecule has 2 aromatic rings. The van der Waals surface area contributed by atoms with E-state index in [1.54, 1.807) is 0 Å². The van der Waals surface area contributed by atoms with Crippen molar-refractivity contribution in [1.29, 1.82) is 0 Å². The third-order valence-corrected chi connectivity index (χ3v) is 5.83. The Morgan fingerprint density at radius 3 is 2.48 bits per heavy atom. The van der Waals surface area contributed by atoms with E-state index in [-0.39, 0.29) is 0 Å². The Balaban J connectivity index is 1.69. The molecule has 1 aromatic heterocycles. The van der Waals surface area contributed by atoms with Gasteiger partial charge in [0.1, 0.15) is 0 Å². The van der Waals surface area contributed by atoms with Crippen molar-refractivity contribution in [2.24, 2.45) is 12.0 Å². The van der Waals surface area contributed by atoms with Crippen LogP contribution in [0.2, 0.25) is 0 Å². The van der Waals surface area contributed by atoms with Gasteiger partial charge in [0.05, 0.1) is 25.5 Å². The van der Waals surface area contributed by atoms with Crippen LogP contribution < -0.4 is 10.6 Å². The minimum absolute atomic E-state index is 0.657. The monoisotopic (exact) mass is 426 g/mol. The van der Waals surface area contributed by atoms with Crippen LogP contribution in [0.3, 0.4) is 0 Å². The van der Waals surface area contributed by atoms with Crippen LogP contribution in [-0.4, -0.2) is 53.5 Å². The molecule has 0 atom stereocenters. The fraction of sp³-hybridized carbons (Fsp3) is 0.583. The molecule has 7 nitrogen and oxygen atoms in total. The normalized spacial score (nSPS) is 15.3. The number of nitrogens with one attached hydrogen (secondary N) is 2. The van der Waals surface area contributed by atoms with Crippen LogP contribution in [0.4, 0.5) is 0 Å². The standard InChI is InChI=1S/C24H38N6O/c1-5-22-21(23(6-2)29(4)28-22)17-27-24(25-7-3)26-16-19-10-8-9-11-20(19)18-30-12-14-31-15-13-30/h8-11H,5-7,12-18H2,1-4H3,(H2,25,26,27). The number of rotatable bonds is 9. The Kier molecular flexibility index (Phi) is 8.91. The molecule has 31 heavy (non-hydrogen) atoms. The number of benzene rings is 1. The fourth-order valence-corrected chi connectivity index (χ4v) is 4.14. The van der Waals surface area contributed by atoms with Crippen molar-refractivity contribution in [2.75, 3.05) is 32.8 Å². The van der Waals surface area contributed by atoms with E-state index in [4.69, 9.17) is 9.73 Å². The number of hydrogen-bond acceptors (Lipinski definition) is 4. The summed E-state index contributed by atoms with van der Waals surface area (Å²) in [6.45, 7) is 13.3. The van der Waals surface area contributed by atoms with Crippen molar-refractivity contribution in [3.8, 4) is 0 Å². The van der Waals surface area contributed by atoms with Gasteiger partial charge in [0.2, 0.25) is 0 Å². The van der Waals surface area contributed by atoms with Crippen molar-refractivity contribution >= 4 is 5.96 Å². The molecule has 0 saturated carbocycles. The molecule has 1 fully saturated rings. The van der Waals surface area contributed by atoms with Gasteiger partial charge in [-0.3, -0.25) is 9.58 Å². The van der Waals surface area contributed by atoms with Crippen molar-refractivity contribution in [3.05, 3.63) is 52.3 Å². The number of guanidine groups is 1.